The number of Topliss-reactive ketones (excluding diaryl/α,β-unsaturated/α-hetero) is 1. The van der Waals surface area contributed by atoms with Gasteiger partial charge in [-0.2, -0.15) is 0 Å². The monoisotopic (exact) mass is 195 g/mol. The van der Waals surface area contributed by atoms with Crippen LogP contribution < -0.4 is 0 Å². The summed E-state index contributed by atoms with van der Waals surface area (Å²) in [6.07, 6.45) is 0.143. The average molecular weight is 196 g/mol. The standard InChI is InChI=1S/C10H10ClNO/c1-7(12)6-10(13)8-4-2-3-5-9(8)11/h2-5,12H,6H2,1H3. The second kappa shape index (κ2) is 4.19. The van der Waals surface area contributed by atoms with Crippen LogP contribution in [0.2, 0.25) is 5.02 Å². The summed E-state index contributed by atoms with van der Waals surface area (Å²) in [5.41, 5.74) is 0.848. The van der Waals surface area contributed by atoms with Gasteiger partial charge < -0.3 is 5.41 Å². The minimum absolute atomic E-state index is 0.0990. The van der Waals surface area contributed by atoms with Crippen molar-refractivity contribution >= 4 is 23.1 Å². The Labute approximate surface area is 82.0 Å². The topological polar surface area (TPSA) is 40.9 Å². The van der Waals surface area contributed by atoms with Gasteiger partial charge in [-0.05, 0) is 19.1 Å². The van der Waals surface area contributed by atoms with E-state index >= 15 is 0 Å². The lowest BCUT2D eigenvalue weighted by molar-refractivity contribution is 0.100. The minimum Gasteiger partial charge on any atom is -0.310 e. The highest BCUT2D eigenvalue weighted by Crippen LogP contribution is 2.16. The molecule has 0 unspecified atom stereocenters. The van der Waals surface area contributed by atoms with Gasteiger partial charge in [0.1, 0.15) is 0 Å². The fraction of sp³-hybridized carbons (Fsp3) is 0.200. The van der Waals surface area contributed by atoms with Crippen LogP contribution in [0.4, 0.5) is 0 Å². The molecular formula is C10H10ClNO. The van der Waals surface area contributed by atoms with Crippen molar-refractivity contribution in [1.82, 2.24) is 0 Å². The molecule has 0 atom stereocenters. The molecule has 68 valence electrons. The summed E-state index contributed by atoms with van der Waals surface area (Å²) >= 11 is 5.81. The third-order valence-electron chi connectivity index (χ3n) is 1.60. The Morgan fingerprint density at radius 3 is 2.62 bits per heavy atom. The maximum absolute atomic E-state index is 11.5. The summed E-state index contributed by atoms with van der Waals surface area (Å²) in [4.78, 5) is 11.5. The number of hydrogen-bond donors (Lipinski definition) is 1. The molecule has 3 heteroatoms. The highest BCUT2D eigenvalue weighted by molar-refractivity contribution is 6.34. The van der Waals surface area contributed by atoms with E-state index in [2.05, 4.69) is 0 Å². The molecule has 0 saturated heterocycles. The SMILES string of the molecule is CC(=N)CC(=O)c1ccccc1Cl. The van der Waals surface area contributed by atoms with Gasteiger partial charge in [0.05, 0.1) is 5.02 Å². The van der Waals surface area contributed by atoms with Crippen LogP contribution in [-0.4, -0.2) is 11.5 Å². The number of ketones is 1. The van der Waals surface area contributed by atoms with Crippen molar-refractivity contribution in [2.75, 3.05) is 0 Å². The quantitative estimate of drug-likeness (QED) is 0.585. The highest BCUT2D eigenvalue weighted by atomic mass is 35.5. The fourth-order valence-electron chi connectivity index (χ4n) is 1.02. The van der Waals surface area contributed by atoms with Crippen molar-refractivity contribution in [3.63, 3.8) is 0 Å². The highest BCUT2D eigenvalue weighted by Gasteiger charge is 2.09. The van der Waals surface area contributed by atoms with E-state index in [4.69, 9.17) is 17.0 Å². The second-order valence-corrected chi connectivity index (χ2v) is 3.27. The molecule has 0 amide bonds. The number of rotatable bonds is 3. The van der Waals surface area contributed by atoms with E-state index in [9.17, 15) is 4.79 Å². The zero-order valence-corrected chi connectivity index (χ0v) is 8.06. The van der Waals surface area contributed by atoms with Crippen LogP contribution in [0.5, 0.6) is 0 Å². The van der Waals surface area contributed by atoms with Gasteiger partial charge in [0.2, 0.25) is 0 Å². The van der Waals surface area contributed by atoms with Crippen LogP contribution in [0, 0.1) is 5.41 Å². The van der Waals surface area contributed by atoms with Gasteiger partial charge in [0, 0.05) is 17.7 Å². The minimum atomic E-state index is -0.0990. The summed E-state index contributed by atoms with van der Waals surface area (Å²) in [6.45, 7) is 1.61. The molecule has 0 fully saturated rings. The van der Waals surface area contributed by atoms with E-state index < -0.39 is 0 Å². The Morgan fingerprint density at radius 2 is 2.08 bits per heavy atom. The predicted octanol–water partition coefficient (Wildman–Crippen LogP) is 2.95. The molecule has 0 aromatic heterocycles. The molecule has 0 heterocycles. The largest absolute Gasteiger partial charge is 0.310 e. The Kier molecular flexibility index (Phi) is 3.20. The predicted molar refractivity (Wildman–Crippen MR) is 53.8 cm³/mol. The molecule has 1 N–H and O–H groups in total. The van der Waals surface area contributed by atoms with Gasteiger partial charge in [-0.25, -0.2) is 0 Å². The molecule has 13 heavy (non-hydrogen) atoms. The summed E-state index contributed by atoms with van der Waals surface area (Å²) in [5, 5.41) is 7.63. The van der Waals surface area contributed by atoms with E-state index in [-0.39, 0.29) is 12.2 Å². The van der Waals surface area contributed by atoms with Crippen LogP contribution in [0.25, 0.3) is 0 Å². The first-order valence-corrected chi connectivity index (χ1v) is 4.31. The third-order valence-corrected chi connectivity index (χ3v) is 1.93. The number of nitrogens with one attached hydrogen (secondary N) is 1. The first-order chi connectivity index (χ1) is 6.11. The lowest BCUT2D eigenvalue weighted by Crippen LogP contribution is -2.04. The van der Waals surface area contributed by atoms with Crippen molar-refractivity contribution in [3.8, 4) is 0 Å². The Morgan fingerprint density at radius 1 is 1.46 bits per heavy atom. The fourth-order valence-corrected chi connectivity index (χ4v) is 1.26. The summed E-state index contributed by atoms with van der Waals surface area (Å²) in [7, 11) is 0. The van der Waals surface area contributed by atoms with Crippen LogP contribution in [-0.2, 0) is 0 Å². The molecule has 0 saturated carbocycles. The molecule has 0 aliphatic carbocycles. The first-order valence-electron chi connectivity index (χ1n) is 3.93. The van der Waals surface area contributed by atoms with E-state index in [0.29, 0.717) is 16.3 Å². The zero-order valence-electron chi connectivity index (χ0n) is 7.30. The van der Waals surface area contributed by atoms with E-state index in [1.807, 2.05) is 0 Å². The van der Waals surface area contributed by atoms with Crippen LogP contribution >= 0.6 is 11.6 Å². The van der Waals surface area contributed by atoms with Crippen molar-refractivity contribution in [3.05, 3.63) is 34.9 Å². The molecule has 2 nitrogen and oxygen atoms in total. The Balaban J connectivity index is 2.89. The molecule has 0 aliphatic rings. The average Bonchev–Trinajstić information content (AvgIpc) is 2.03. The summed E-state index contributed by atoms with van der Waals surface area (Å²) in [5.74, 6) is -0.0990. The molecule has 0 bridgehead atoms. The van der Waals surface area contributed by atoms with Gasteiger partial charge in [-0.15, -0.1) is 0 Å². The van der Waals surface area contributed by atoms with Gasteiger partial charge in [-0.3, -0.25) is 4.79 Å². The Hall–Kier alpha value is -1.15. The molecule has 0 aliphatic heterocycles. The maximum atomic E-state index is 11.5. The second-order valence-electron chi connectivity index (χ2n) is 2.86. The summed E-state index contributed by atoms with van der Waals surface area (Å²) in [6, 6.07) is 6.89. The molecule has 1 aromatic carbocycles. The Bertz CT molecular complexity index is 347. The maximum Gasteiger partial charge on any atom is 0.169 e. The van der Waals surface area contributed by atoms with Crippen molar-refractivity contribution in [2.24, 2.45) is 0 Å². The number of hydrogen-bond acceptors (Lipinski definition) is 2. The zero-order chi connectivity index (χ0) is 9.84. The van der Waals surface area contributed by atoms with Gasteiger partial charge in [0.25, 0.3) is 0 Å². The van der Waals surface area contributed by atoms with E-state index in [0.717, 1.165) is 0 Å². The number of carbonyl (C=O) groups excluding carboxylic acids is 1. The van der Waals surface area contributed by atoms with Crippen molar-refractivity contribution in [1.29, 1.82) is 5.41 Å². The van der Waals surface area contributed by atoms with Crippen molar-refractivity contribution < 1.29 is 4.79 Å². The van der Waals surface area contributed by atoms with E-state index in [1.54, 1.807) is 31.2 Å². The van der Waals surface area contributed by atoms with Gasteiger partial charge in [0.15, 0.2) is 5.78 Å². The lowest BCUT2D eigenvalue weighted by atomic mass is 10.1. The van der Waals surface area contributed by atoms with Crippen LogP contribution in [0.15, 0.2) is 24.3 Å². The van der Waals surface area contributed by atoms with Crippen LogP contribution in [0.1, 0.15) is 23.7 Å². The van der Waals surface area contributed by atoms with Crippen molar-refractivity contribution in [2.45, 2.75) is 13.3 Å². The molecule has 1 rings (SSSR count). The smallest absolute Gasteiger partial charge is 0.169 e. The normalized spacial score (nSPS) is 9.69. The number of benzene rings is 1. The third kappa shape index (κ3) is 2.67. The summed E-state index contributed by atoms with van der Waals surface area (Å²) < 4.78 is 0. The molecule has 1 aromatic rings. The number of carbonyl (C=O) groups is 1. The molecule has 0 radical (unpaired) electrons. The number of halogens is 1. The van der Waals surface area contributed by atoms with Gasteiger partial charge in [-0.1, -0.05) is 23.7 Å². The van der Waals surface area contributed by atoms with Crippen LogP contribution in [0.3, 0.4) is 0 Å². The van der Waals surface area contributed by atoms with Gasteiger partial charge >= 0.3 is 0 Å². The molecule has 0 spiro atoms. The molecular weight excluding hydrogens is 186 g/mol. The lowest BCUT2D eigenvalue weighted by Gasteiger charge is -2.01. The van der Waals surface area contributed by atoms with E-state index in [1.165, 1.54) is 0 Å². The first kappa shape index (κ1) is 9.93.